The molecule has 0 spiro atoms. The third-order valence-electron chi connectivity index (χ3n) is 4.93. The lowest BCUT2D eigenvalue weighted by Gasteiger charge is -2.18. The Labute approximate surface area is 183 Å². The average molecular weight is 417 g/mol. The van der Waals surface area contributed by atoms with Crippen molar-refractivity contribution in [1.82, 2.24) is 5.32 Å². The summed E-state index contributed by atoms with van der Waals surface area (Å²) >= 11 is 0. The van der Waals surface area contributed by atoms with E-state index in [0.29, 0.717) is 30.0 Å². The Bertz CT molecular complexity index is 1000. The second-order valence-electron chi connectivity index (χ2n) is 7.35. The molecule has 0 heterocycles. The summed E-state index contributed by atoms with van der Waals surface area (Å²) in [6.07, 6.45) is 0.589. The fourth-order valence-corrected chi connectivity index (χ4v) is 3.17. The van der Waals surface area contributed by atoms with Crippen LogP contribution in [-0.4, -0.2) is 24.5 Å². The van der Waals surface area contributed by atoms with Gasteiger partial charge in [-0.15, -0.1) is 0 Å². The van der Waals surface area contributed by atoms with Gasteiger partial charge in [0, 0.05) is 6.54 Å². The monoisotopic (exact) mass is 416 g/mol. The molecule has 3 rings (SSSR count). The summed E-state index contributed by atoms with van der Waals surface area (Å²) in [6, 6.07) is 24.5. The molecule has 0 unspecified atom stereocenters. The van der Waals surface area contributed by atoms with Gasteiger partial charge in [-0.25, -0.2) is 0 Å². The van der Waals surface area contributed by atoms with Crippen molar-refractivity contribution in [3.05, 3.63) is 95.6 Å². The molecular weight excluding hydrogens is 388 g/mol. The number of para-hydroxylation sites is 1. The first kappa shape index (κ1) is 22.1. The van der Waals surface area contributed by atoms with Gasteiger partial charge in [-0.2, -0.15) is 0 Å². The molecule has 31 heavy (non-hydrogen) atoms. The molecule has 0 radical (unpaired) electrons. The van der Waals surface area contributed by atoms with E-state index in [2.05, 4.69) is 10.6 Å². The topological polar surface area (TPSA) is 67.4 Å². The normalized spacial score (nSPS) is 11.4. The smallest absolute Gasteiger partial charge is 0.265 e. The van der Waals surface area contributed by atoms with Gasteiger partial charge >= 0.3 is 0 Å². The van der Waals surface area contributed by atoms with Crippen LogP contribution in [0.1, 0.15) is 34.8 Å². The van der Waals surface area contributed by atoms with Crippen molar-refractivity contribution in [2.75, 3.05) is 11.9 Å². The lowest BCUT2D eigenvalue weighted by atomic mass is 10.1. The molecule has 160 valence electrons. The van der Waals surface area contributed by atoms with Crippen molar-refractivity contribution in [3.63, 3.8) is 0 Å². The molecular formula is C26H28N2O3. The fraction of sp³-hybridized carbons (Fsp3) is 0.231. The van der Waals surface area contributed by atoms with Crippen LogP contribution in [0.5, 0.6) is 5.75 Å². The van der Waals surface area contributed by atoms with Crippen molar-refractivity contribution in [3.8, 4) is 5.75 Å². The van der Waals surface area contributed by atoms with Crippen molar-refractivity contribution in [1.29, 1.82) is 0 Å². The first-order valence-corrected chi connectivity index (χ1v) is 10.5. The number of anilines is 1. The SMILES string of the molecule is CC[C@@H](Oc1ccc(C)cc1)C(=O)Nc1ccccc1C(=O)NCCc1ccccc1. The van der Waals surface area contributed by atoms with Gasteiger partial charge in [0.2, 0.25) is 0 Å². The minimum atomic E-state index is -0.656. The van der Waals surface area contributed by atoms with Crippen LogP contribution in [0.4, 0.5) is 5.69 Å². The maximum Gasteiger partial charge on any atom is 0.265 e. The predicted molar refractivity (Wildman–Crippen MR) is 123 cm³/mol. The molecule has 0 aliphatic rings. The van der Waals surface area contributed by atoms with Crippen LogP contribution in [-0.2, 0) is 11.2 Å². The van der Waals surface area contributed by atoms with Gasteiger partial charge in [0.05, 0.1) is 11.3 Å². The summed E-state index contributed by atoms with van der Waals surface area (Å²) < 4.78 is 5.85. The molecule has 1 atom stereocenters. The molecule has 3 aromatic rings. The van der Waals surface area contributed by atoms with E-state index in [4.69, 9.17) is 4.74 Å². The Morgan fingerprint density at radius 1 is 0.903 bits per heavy atom. The molecule has 5 heteroatoms. The second-order valence-corrected chi connectivity index (χ2v) is 7.35. The molecule has 0 saturated heterocycles. The summed E-state index contributed by atoms with van der Waals surface area (Å²) in [5.41, 5.74) is 3.17. The minimum Gasteiger partial charge on any atom is -0.481 e. The maximum atomic E-state index is 12.8. The summed E-state index contributed by atoms with van der Waals surface area (Å²) in [6.45, 7) is 4.40. The first-order chi connectivity index (χ1) is 15.1. The van der Waals surface area contributed by atoms with Gasteiger partial charge in [0.15, 0.2) is 6.10 Å². The Morgan fingerprint density at radius 3 is 2.29 bits per heavy atom. The van der Waals surface area contributed by atoms with Crippen LogP contribution >= 0.6 is 0 Å². The van der Waals surface area contributed by atoms with Gasteiger partial charge in [0.25, 0.3) is 11.8 Å². The molecule has 3 aromatic carbocycles. The van der Waals surface area contributed by atoms with Crippen LogP contribution in [0.15, 0.2) is 78.9 Å². The fourth-order valence-electron chi connectivity index (χ4n) is 3.17. The second kappa shape index (κ2) is 11.0. The molecule has 2 amide bonds. The van der Waals surface area contributed by atoms with Crippen LogP contribution in [0, 0.1) is 6.92 Å². The van der Waals surface area contributed by atoms with Gasteiger partial charge < -0.3 is 15.4 Å². The number of hydrogen-bond acceptors (Lipinski definition) is 3. The maximum absolute atomic E-state index is 12.8. The zero-order valence-corrected chi connectivity index (χ0v) is 17.9. The van der Waals surface area contributed by atoms with E-state index in [0.717, 1.165) is 17.5 Å². The van der Waals surface area contributed by atoms with E-state index in [1.807, 2.05) is 68.4 Å². The third-order valence-corrected chi connectivity index (χ3v) is 4.93. The number of benzene rings is 3. The number of nitrogens with one attached hydrogen (secondary N) is 2. The van der Waals surface area contributed by atoms with Crippen molar-refractivity contribution in [2.24, 2.45) is 0 Å². The number of aryl methyl sites for hydroxylation is 1. The van der Waals surface area contributed by atoms with Gasteiger partial charge in [-0.1, -0.05) is 67.1 Å². The quantitative estimate of drug-likeness (QED) is 0.528. The Hall–Kier alpha value is -3.60. The van der Waals surface area contributed by atoms with Crippen LogP contribution in [0.25, 0.3) is 0 Å². The number of amides is 2. The lowest BCUT2D eigenvalue weighted by molar-refractivity contribution is -0.122. The molecule has 0 bridgehead atoms. The summed E-state index contributed by atoms with van der Waals surface area (Å²) in [7, 11) is 0. The van der Waals surface area contributed by atoms with E-state index in [-0.39, 0.29) is 11.8 Å². The molecule has 0 aliphatic heterocycles. The average Bonchev–Trinajstić information content (AvgIpc) is 2.79. The van der Waals surface area contributed by atoms with E-state index >= 15 is 0 Å². The largest absolute Gasteiger partial charge is 0.481 e. The van der Waals surface area contributed by atoms with Crippen molar-refractivity contribution < 1.29 is 14.3 Å². The van der Waals surface area contributed by atoms with Crippen LogP contribution in [0.2, 0.25) is 0 Å². The minimum absolute atomic E-state index is 0.223. The first-order valence-electron chi connectivity index (χ1n) is 10.5. The van der Waals surface area contributed by atoms with Gasteiger partial charge in [-0.05, 0) is 49.6 Å². The van der Waals surface area contributed by atoms with Gasteiger partial charge in [-0.3, -0.25) is 9.59 Å². The Morgan fingerprint density at radius 2 is 1.58 bits per heavy atom. The van der Waals surface area contributed by atoms with E-state index in [9.17, 15) is 9.59 Å². The van der Waals surface area contributed by atoms with Gasteiger partial charge in [0.1, 0.15) is 5.75 Å². The number of carbonyl (C=O) groups excluding carboxylic acids is 2. The van der Waals surface area contributed by atoms with Crippen LogP contribution in [0.3, 0.4) is 0 Å². The van der Waals surface area contributed by atoms with E-state index in [1.165, 1.54) is 0 Å². The van der Waals surface area contributed by atoms with E-state index < -0.39 is 6.10 Å². The van der Waals surface area contributed by atoms with Crippen LogP contribution < -0.4 is 15.4 Å². The Kier molecular flexibility index (Phi) is 7.82. The molecule has 0 aromatic heterocycles. The standard InChI is InChI=1S/C26H28N2O3/c1-3-24(31-21-15-13-19(2)14-16-21)26(30)28-23-12-8-7-11-22(23)25(29)27-18-17-20-9-5-4-6-10-20/h4-16,24H,3,17-18H2,1-2H3,(H,27,29)(H,28,30)/t24-/m1/s1. The lowest BCUT2D eigenvalue weighted by Crippen LogP contribution is -2.33. The predicted octanol–water partition coefficient (Wildman–Crippen LogP) is 4.76. The highest BCUT2D eigenvalue weighted by atomic mass is 16.5. The highest BCUT2D eigenvalue weighted by Crippen LogP contribution is 2.18. The molecule has 0 saturated carbocycles. The number of hydrogen-bond donors (Lipinski definition) is 2. The zero-order chi connectivity index (χ0) is 22.1. The number of rotatable bonds is 9. The Balaban J connectivity index is 1.62. The summed E-state index contributed by atoms with van der Waals surface area (Å²) in [5.74, 6) is 0.131. The molecule has 0 aliphatic carbocycles. The number of carbonyl (C=O) groups is 2. The molecule has 2 N–H and O–H groups in total. The van der Waals surface area contributed by atoms with E-state index in [1.54, 1.807) is 24.3 Å². The third kappa shape index (κ3) is 6.44. The van der Waals surface area contributed by atoms with Crippen molar-refractivity contribution >= 4 is 17.5 Å². The zero-order valence-electron chi connectivity index (χ0n) is 17.9. The van der Waals surface area contributed by atoms with Crippen molar-refractivity contribution in [2.45, 2.75) is 32.8 Å². The molecule has 0 fully saturated rings. The highest BCUT2D eigenvalue weighted by molar-refractivity contribution is 6.04. The molecule has 5 nitrogen and oxygen atoms in total. The number of ether oxygens (including phenoxy) is 1. The summed E-state index contributed by atoms with van der Waals surface area (Å²) in [4.78, 5) is 25.5. The highest BCUT2D eigenvalue weighted by Gasteiger charge is 2.21. The summed E-state index contributed by atoms with van der Waals surface area (Å²) in [5, 5.41) is 5.79.